The summed E-state index contributed by atoms with van der Waals surface area (Å²) in [5, 5.41) is 3.05. The number of hydrogen-bond acceptors (Lipinski definition) is 3. The maximum Gasteiger partial charge on any atom is 0.239 e. The highest BCUT2D eigenvalue weighted by Crippen LogP contribution is 2.41. The zero-order valence-electron chi connectivity index (χ0n) is 12.9. The lowest BCUT2D eigenvalue weighted by Gasteiger charge is -2.37. The molecule has 1 aromatic rings. The molecule has 1 aliphatic rings. The predicted octanol–water partition coefficient (Wildman–Crippen LogP) is 2.31. The summed E-state index contributed by atoms with van der Waals surface area (Å²) in [5.74, 6) is -0.147. The Morgan fingerprint density at radius 1 is 1.48 bits per heavy atom. The minimum Gasteiger partial charge on any atom is -0.383 e. The highest BCUT2D eigenvalue weighted by Gasteiger charge is 2.33. The van der Waals surface area contributed by atoms with E-state index in [4.69, 9.17) is 10.5 Å². The van der Waals surface area contributed by atoms with Crippen molar-refractivity contribution in [2.75, 3.05) is 13.7 Å². The minimum absolute atomic E-state index is 0. The Bertz CT molecular complexity index is 491. The van der Waals surface area contributed by atoms with Crippen molar-refractivity contribution in [2.24, 2.45) is 5.73 Å². The predicted molar refractivity (Wildman–Crippen MR) is 86.7 cm³/mol. The number of methoxy groups -OCH3 is 1. The number of nitrogens with two attached hydrogens (primary N) is 1. The third-order valence-corrected chi connectivity index (χ3v) is 4.12. The molecule has 1 amide bonds. The van der Waals surface area contributed by atoms with E-state index in [1.807, 2.05) is 6.07 Å². The first-order valence-corrected chi connectivity index (χ1v) is 7.10. The molecule has 21 heavy (non-hydrogen) atoms. The van der Waals surface area contributed by atoms with E-state index in [-0.39, 0.29) is 36.4 Å². The Labute approximate surface area is 132 Å². The number of halogens is 1. The van der Waals surface area contributed by atoms with Gasteiger partial charge in [0.2, 0.25) is 5.91 Å². The first-order chi connectivity index (χ1) is 9.45. The van der Waals surface area contributed by atoms with Crippen molar-refractivity contribution >= 4 is 18.3 Å². The van der Waals surface area contributed by atoms with Gasteiger partial charge in [0.1, 0.15) is 6.04 Å². The molecule has 1 aromatic carbocycles. The van der Waals surface area contributed by atoms with Crippen LogP contribution in [0.3, 0.4) is 0 Å². The normalized spacial score (nSPS) is 20.9. The minimum atomic E-state index is -0.609. The van der Waals surface area contributed by atoms with Gasteiger partial charge in [-0.15, -0.1) is 12.4 Å². The topological polar surface area (TPSA) is 64.3 Å². The highest BCUT2D eigenvalue weighted by molar-refractivity contribution is 5.85. The van der Waals surface area contributed by atoms with Gasteiger partial charge in [0.15, 0.2) is 0 Å². The van der Waals surface area contributed by atoms with E-state index in [0.717, 1.165) is 12.8 Å². The van der Waals surface area contributed by atoms with Gasteiger partial charge in [-0.3, -0.25) is 4.79 Å². The first-order valence-electron chi connectivity index (χ1n) is 7.10. The van der Waals surface area contributed by atoms with Crippen LogP contribution < -0.4 is 11.1 Å². The fourth-order valence-electron chi connectivity index (χ4n) is 2.90. The SMILES string of the molecule is COCC(N)C(=O)NC1CCC(C)(C)c2ccccc21.Cl. The summed E-state index contributed by atoms with van der Waals surface area (Å²) in [5.41, 5.74) is 8.47. The van der Waals surface area contributed by atoms with Crippen LogP contribution >= 0.6 is 12.4 Å². The van der Waals surface area contributed by atoms with E-state index in [0.29, 0.717) is 0 Å². The molecule has 0 radical (unpaired) electrons. The maximum absolute atomic E-state index is 12.1. The van der Waals surface area contributed by atoms with E-state index in [2.05, 4.69) is 37.4 Å². The number of carbonyl (C=O) groups is 1. The monoisotopic (exact) mass is 312 g/mol. The zero-order valence-corrected chi connectivity index (χ0v) is 13.7. The standard InChI is InChI=1S/C16H24N2O2.ClH/c1-16(2)9-8-14(11-6-4-5-7-12(11)16)18-15(19)13(17)10-20-3;/h4-7,13-14H,8-10,17H2,1-3H3,(H,18,19);1H. The van der Waals surface area contributed by atoms with Gasteiger partial charge in [0.25, 0.3) is 0 Å². The Morgan fingerprint density at radius 3 is 2.81 bits per heavy atom. The number of rotatable bonds is 4. The van der Waals surface area contributed by atoms with Crippen LogP contribution in [0.25, 0.3) is 0 Å². The molecule has 2 unspecified atom stereocenters. The number of hydrogen-bond donors (Lipinski definition) is 2. The second-order valence-corrected chi connectivity index (χ2v) is 6.13. The number of fused-ring (bicyclic) bond motifs is 1. The van der Waals surface area contributed by atoms with Gasteiger partial charge in [0, 0.05) is 7.11 Å². The molecule has 118 valence electrons. The van der Waals surface area contributed by atoms with E-state index in [1.54, 1.807) is 7.11 Å². The molecule has 2 rings (SSSR count). The van der Waals surface area contributed by atoms with Gasteiger partial charge in [0.05, 0.1) is 12.6 Å². The molecule has 2 atom stereocenters. The molecule has 0 fully saturated rings. The second kappa shape index (κ2) is 7.25. The average Bonchev–Trinajstić information content (AvgIpc) is 2.42. The molecule has 0 aliphatic heterocycles. The maximum atomic E-state index is 12.1. The summed E-state index contributed by atoms with van der Waals surface area (Å²) in [7, 11) is 1.55. The van der Waals surface area contributed by atoms with Crippen molar-refractivity contribution in [2.45, 2.75) is 44.2 Å². The number of amides is 1. The summed E-state index contributed by atoms with van der Waals surface area (Å²) in [6, 6.07) is 7.78. The van der Waals surface area contributed by atoms with Crippen LogP contribution in [-0.4, -0.2) is 25.7 Å². The molecule has 1 aliphatic carbocycles. The average molecular weight is 313 g/mol. The van der Waals surface area contributed by atoms with Crippen molar-refractivity contribution in [3.8, 4) is 0 Å². The van der Waals surface area contributed by atoms with Crippen LogP contribution in [0.15, 0.2) is 24.3 Å². The van der Waals surface area contributed by atoms with Crippen LogP contribution in [0, 0.1) is 0 Å². The van der Waals surface area contributed by atoms with Crippen molar-refractivity contribution in [1.29, 1.82) is 0 Å². The molecule has 0 aromatic heterocycles. The largest absolute Gasteiger partial charge is 0.383 e. The van der Waals surface area contributed by atoms with E-state index in [9.17, 15) is 4.79 Å². The van der Waals surface area contributed by atoms with Gasteiger partial charge in [-0.2, -0.15) is 0 Å². The molecule has 3 N–H and O–H groups in total. The number of ether oxygens (including phenoxy) is 1. The summed E-state index contributed by atoms with van der Waals surface area (Å²) < 4.78 is 4.93. The lowest BCUT2D eigenvalue weighted by molar-refractivity contribution is -0.124. The van der Waals surface area contributed by atoms with E-state index < -0.39 is 6.04 Å². The van der Waals surface area contributed by atoms with Gasteiger partial charge in [-0.25, -0.2) is 0 Å². The summed E-state index contributed by atoms with van der Waals surface area (Å²) in [6.45, 7) is 4.74. The van der Waals surface area contributed by atoms with Gasteiger partial charge in [-0.1, -0.05) is 38.1 Å². The summed E-state index contributed by atoms with van der Waals surface area (Å²) >= 11 is 0. The Kier molecular flexibility index (Phi) is 6.20. The molecule has 0 saturated heterocycles. The number of benzene rings is 1. The first kappa shape index (κ1) is 18.0. The Balaban J connectivity index is 0.00000220. The highest BCUT2D eigenvalue weighted by atomic mass is 35.5. The fourth-order valence-corrected chi connectivity index (χ4v) is 2.90. The summed E-state index contributed by atoms with van der Waals surface area (Å²) in [6.07, 6.45) is 1.99. The van der Waals surface area contributed by atoms with Gasteiger partial charge >= 0.3 is 0 Å². The van der Waals surface area contributed by atoms with Crippen molar-refractivity contribution in [3.05, 3.63) is 35.4 Å². The molecule has 0 bridgehead atoms. The van der Waals surface area contributed by atoms with Crippen LogP contribution in [0.2, 0.25) is 0 Å². The Hall–Kier alpha value is -1.10. The summed E-state index contributed by atoms with van der Waals surface area (Å²) in [4.78, 5) is 12.1. The molecule has 0 saturated carbocycles. The number of nitrogens with one attached hydrogen (secondary N) is 1. The molecular weight excluding hydrogens is 288 g/mol. The van der Waals surface area contributed by atoms with Crippen molar-refractivity contribution < 1.29 is 9.53 Å². The van der Waals surface area contributed by atoms with E-state index >= 15 is 0 Å². The second-order valence-electron chi connectivity index (χ2n) is 6.13. The van der Waals surface area contributed by atoms with Gasteiger partial charge in [-0.05, 0) is 29.4 Å². The quantitative estimate of drug-likeness (QED) is 0.896. The fraction of sp³-hybridized carbons (Fsp3) is 0.562. The van der Waals surface area contributed by atoms with Crippen LogP contribution in [-0.2, 0) is 14.9 Å². The zero-order chi connectivity index (χ0) is 14.8. The third kappa shape index (κ3) is 3.96. The Morgan fingerprint density at radius 2 is 2.14 bits per heavy atom. The third-order valence-electron chi connectivity index (χ3n) is 4.12. The van der Waals surface area contributed by atoms with E-state index in [1.165, 1.54) is 11.1 Å². The molecular formula is C16H25ClN2O2. The van der Waals surface area contributed by atoms with Crippen LogP contribution in [0.1, 0.15) is 43.9 Å². The van der Waals surface area contributed by atoms with Crippen LogP contribution in [0.5, 0.6) is 0 Å². The molecule has 0 spiro atoms. The molecule has 4 nitrogen and oxygen atoms in total. The lowest BCUT2D eigenvalue weighted by Crippen LogP contribution is -2.46. The van der Waals surface area contributed by atoms with Crippen molar-refractivity contribution in [1.82, 2.24) is 5.32 Å². The number of carbonyl (C=O) groups excluding carboxylic acids is 1. The smallest absolute Gasteiger partial charge is 0.239 e. The van der Waals surface area contributed by atoms with Crippen LogP contribution in [0.4, 0.5) is 0 Å². The van der Waals surface area contributed by atoms with Gasteiger partial charge < -0.3 is 15.8 Å². The van der Waals surface area contributed by atoms with Crippen molar-refractivity contribution in [3.63, 3.8) is 0 Å². The molecule has 5 heteroatoms. The lowest BCUT2D eigenvalue weighted by atomic mass is 9.71. The molecule has 0 heterocycles.